The molecular weight excluding hydrogens is 268 g/mol. The Morgan fingerprint density at radius 2 is 1.65 bits per heavy atom. The number of esters is 1. The van der Waals surface area contributed by atoms with Gasteiger partial charge in [0.05, 0.1) is 6.61 Å². The third-order valence-electron chi connectivity index (χ3n) is 3.47. The van der Waals surface area contributed by atoms with Crippen molar-refractivity contribution in [1.29, 1.82) is 0 Å². The van der Waals surface area contributed by atoms with Crippen LogP contribution in [0.2, 0.25) is 18.1 Å². The minimum atomic E-state index is -1.55. The first-order valence-corrected chi connectivity index (χ1v) is 10.5. The number of carbonyl (C=O) groups excluding carboxylic acids is 1. The van der Waals surface area contributed by atoms with Crippen molar-refractivity contribution in [3.05, 3.63) is 12.2 Å². The molecule has 0 atom stereocenters. The van der Waals surface area contributed by atoms with Crippen LogP contribution in [-0.4, -0.2) is 27.5 Å². The van der Waals surface area contributed by atoms with Gasteiger partial charge in [-0.15, -0.1) is 0 Å². The highest BCUT2D eigenvalue weighted by Gasteiger charge is 2.31. The molecule has 0 aliphatic rings. The van der Waals surface area contributed by atoms with Gasteiger partial charge in [-0.1, -0.05) is 39.7 Å². The van der Waals surface area contributed by atoms with Crippen LogP contribution in [0.1, 0.15) is 53.4 Å². The first kappa shape index (κ1) is 19.4. The summed E-state index contributed by atoms with van der Waals surface area (Å²) in [4.78, 5) is 11.3. The van der Waals surface area contributed by atoms with Crippen LogP contribution in [0.15, 0.2) is 12.2 Å². The molecule has 0 aromatic heterocycles. The maximum atomic E-state index is 11.3. The molecular formula is C16H32O3Si. The minimum Gasteiger partial charge on any atom is -0.462 e. The molecule has 0 saturated carbocycles. The van der Waals surface area contributed by atoms with E-state index in [1.54, 1.807) is 6.92 Å². The summed E-state index contributed by atoms with van der Waals surface area (Å²) >= 11 is 0. The molecule has 0 heterocycles. The summed E-state index contributed by atoms with van der Waals surface area (Å²) in [6, 6.07) is 3.69. The zero-order valence-corrected chi connectivity index (χ0v) is 14.8. The van der Waals surface area contributed by atoms with E-state index in [4.69, 9.17) is 9.16 Å². The van der Waals surface area contributed by atoms with E-state index in [0.717, 1.165) is 19.4 Å². The highest BCUT2D eigenvalue weighted by Crippen LogP contribution is 2.28. The van der Waals surface area contributed by atoms with Crippen LogP contribution in [0, 0.1) is 0 Å². The van der Waals surface area contributed by atoms with Gasteiger partial charge in [-0.05, 0) is 38.4 Å². The Hall–Kier alpha value is -0.613. The van der Waals surface area contributed by atoms with Crippen LogP contribution in [0.25, 0.3) is 0 Å². The third-order valence-corrected chi connectivity index (χ3v) is 8.46. The van der Waals surface area contributed by atoms with Crippen LogP contribution < -0.4 is 0 Å². The smallest absolute Gasteiger partial charge is 0.333 e. The molecule has 118 valence electrons. The van der Waals surface area contributed by atoms with E-state index >= 15 is 0 Å². The molecule has 0 fully saturated rings. The largest absolute Gasteiger partial charge is 0.462 e. The predicted molar refractivity (Wildman–Crippen MR) is 87.4 cm³/mol. The van der Waals surface area contributed by atoms with Gasteiger partial charge in [0.15, 0.2) is 8.32 Å². The highest BCUT2D eigenvalue weighted by molar-refractivity contribution is 6.73. The van der Waals surface area contributed by atoms with Crippen LogP contribution in [0.3, 0.4) is 0 Å². The quantitative estimate of drug-likeness (QED) is 0.227. The van der Waals surface area contributed by atoms with Crippen LogP contribution in [0.5, 0.6) is 0 Å². The van der Waals surface area contributed by atoms with Gasteiger partial charge in [-0.2, -0.15) is 0 Å². The fourth-order valence-electron chi connectivity index (χ4n) is 2.65. The lowest BCUT2D eigenvalue weighted by Crippen LogP contribution is -2.37. The third kappa shape index (κ3) is 7.85. The van der Waals surface area contributed by atoms with Gasteiger partial charge in [-0.25, -0.2) is 4.79 Å². The predicted octanol–water partition coefficient (Wildman–Crippen LogP) is 4.69. The maximum Gasteiger partial charge on any atom is 0.333 e. The minimum absolute atomic E-state index is 0.277. The zero-order valence-electron chi connectivity index (χ0n) is 13.8. The summed E-state index contributed by atoms with van der Waals surface area (Å²) in [6.45, 7) is 13.2. The Balaban J connectivity index is 4.12. The molecule has 0 N–H and O–H groups in total. The lowest BCUT2D eigenvalue weighted by molar-refractivity contribution is -0.139. The van der Waals surface area contributed by atoms with Crippen LogP contribution in [0.4, 0.5) is 0 Å². The number of ether oxygens (including phenoxy) is 1. The Labute approximate surface area is 125 Å². The topological polar surface area (TPSA) is 35.5 Å². The number of hydrogen-bond donors (Lipinski definition) is 0. The molecule has 0 radical (unpaired) electrons. The van der Waals surface area contributed by atoms with Crippen molar-refractivity contribution < 1.29 is 14.0 Å². The lowest BCUT2D eigenvalue weighted by Gasteiger charge is -2.30. The van der Waals surface area contributed by atoms with E-state index in [1.165, 1.54) is 31.0 Å². The second kappa shape index (κ2) is 11.1. The van der Waals surface area contributed by atoms with Crippen molar-refractivity contribution in [3.8, 4) is 0 Å². The molecule has 0 rings (SSSR count). The van der Waals surface area contributed by atoms with Crippen molar-refractivity contribution in [3.63, 3.8) is 0 Å². The second-order valence-electron chi connectivity index (χ2n) is 5.49. The van der Waals surface area contributed by atoms with E-state index in [-0.39, 0.29) is 5.97 Å². The van der Waals surface area contributed by atoms with Gasteiger partial charge in [0, 0.05) is 12.2 Å². The number of carbonyl (C=O) groups is 1. The first-order valence-electron chi connectivity index (χ1n) is 7.98. The second-order valence-corrected chi connectivity index (χ2v) is 9.64. The number of unbranched alkanes of at least 4 members (excludes halogenated alkanes) is 1. The lowest BCUT2D eigenvalue weighted by atomic mass is 10.3. The van der Waals surface area contributed by atoms with Gasteiger partial charge in [0.25, 0.3) is 0 Å². The SMILES string of the molecule is C=C(C)C(=O)OCCCC[Si](CCC)(CCC)OCC. The van der Waals surface area contributed by atoms with Crippen LogP contribution >= 0.6 is 0 Å². The summed E-state index contributed by atoms with van der Waals surface area (Å²) < 4.78 is 11.3. The zero-order chi connectivity index (χ0) is 15.4. The summed E-state index contributed by atoms with van der Waals surface area (Å²) in [5.41, 5.74) is 0.472. The molecule has 0 spiro atoms. The van der Waals surface area contributed by atoms with Crippen molar-refractivity contribution in [1.82, 2.24) is 0 Å². The van der Waals surface area contributed by atoms with Crippen LogP contribution in [-0.2, 0) is 14.0 Å². The van der Waals surface area contributed by atoms with E-state index in [1.807, 2.05) is 0 Å². The summed E-state index contributed by atoms with van der Waals surface area (Å²) in [5.74, 6) is -0.277. The number of rotatable bonds is 12. The Morgan fingerprint density at radius 3 is 2.10 bits per heavy atom. The van der Waals surface area contributed by atoms with E-state index in [9.17, 15) is 4.79 Å². The van der Waals surface area contributed by atoms with E-state index in [2.05, 4.69) is 27.4 Å². The molecule has 0 aliphatic heterocycles. The van der Waals surface area contributed by atoms with Gasteiger partial charge >= 0.3 is 5.97 Å². The Morgan fingerprint density at radius 1 is 1.05 bits per heavy atom. The molecule has 0 bridgehead atoms. The Kier molecular flexibility index (Phi) is 10.8. The Bertz CT molecular complexity index is 272. The fraction of sp³-hybridized carbons (Fsp3) is 0.812. The van der Waals surface area contributed by atoms with Crippen molar-refractivity contribution in [2.45, 2.75) is 71.5 Å². The average molecular weight is 301 g/mol. The van der Waals surface area contributed by atoms with Gasteiger partial charge in [0.1, 0.15) is 0 Å². The standard InChI is InChI=1S/C16H32O3Si/c1-6-12-20(13-7-2,19-8-3)14-10-9-11-18-16(17)15(4)5/h4,6-14H2,1-3,5H3. The fourth-order valence-corrected chi connectivity index (χ4v) is 7.16. The first-order chi connectivity index (χ1) is 9.51. The summed E-state index contributed by atoms with van der Waals surface area (Å²) in [7, 11) is -1.55. The van der Waals surface area contributed by atoms with E-state index < -0.39 is 8.32 Å². The molecule has 0 amide bonds. The van der Waals surface area contributed by atoms with Crippen molar-refractivity contribution >= 4 is 14.3 Å². The molecule has 0 aromatic rings. The number of hydrogen-bond acceptors (Lipinski definition) is 3. The van der Waals surface area contributed by atoms with Gasteiger partial charge in [-0.3, -0.25) is 0 Å². The summed E-state index contributed by atoms with van der Waals surface area (Å²) in [6.07, 6.45) is 4.43. The molecule has 0 aromatic carbocycles. The average Bonchev–Trinajstić information content (AvgIpc) is 2.39. The molecule has 20 heavy (non-hydrogen) atoms. The van der Waals surface area contributed by atoms with Gasteiger partial charge < -0.3 is 9.16 Å². The highest BCUT2D eigenvalue weighted by atomic mass is 28.4. The molecule has 0 saturated heterocycles. The molecule has 0 unspecified atom stereocenters. The van der Waals surface area contributed by atoms with Gasteiger partial charge in [0.2, 0.25) is 0 Å². The molecule has 4 heteroatoms. The van der Waals surface area contributed by atoms with Crippen molar-refractivity contribution in [2.75, 3.05) is 13.2 Å². The van der Waals surface area contributed by atoms with Crippen molar-refractivity contribution in [2.24, 2.45) is 0 Å². The normalized spacial score (nSPS) is 11.4. The monoisotopic (exact) mass is 300 g/mol. The van der Waals surface area contributed by atoms with E-state index in [0.29, 0.717) is 12.2 Å². The maximum absolute atomic E-state index is 11.3. The molecule has 3 nitrogen and oxygen atoms in total. The summed E-state index contributed by atoms with van der Waals surface area (Å²) in [5, 5.41) is 0. The molecule has 0 aliphatic carbocycles.